The average molecular weight is 427 g/mol. The van der Waals surface area contributed by atoms with Crippen molar-refractivity contribution in [2.75, 3.05) is 25.0 Å². The molecule has 0 radical (unpaired) electrons. The van der Waals surface area contributed by atoms with Crippen LogP contribution >= 0.6 is 0 Å². The van der Waals surface area contributed by atoms with Gasteiger partial charge in [-0.3, -0.25) is 9.69 Å². The Morgan fingerprint density at radius 2 is 1.94 bits per heavy atom. The maximum Gasteiger partial charge on any atom is 0.255 e. The van der Waals surface area contributed by atoms with Gasteiger partial charge in [0.25, 0.3) is 5.91 Å². The lowest BCUT2D eigenvalue weighted by Gasteiger charge is -2.30. The molecule has 7 nitrogen and oxygen atoms in total. The molecule has 3 heterocycles. The van der Waals surface area contributed by atoms with Gasteiger partial charge in [0.2, 0.25) is 0 Å². The minimum Gasteiger partial charge on any atom is -0.381 e. The minimum atomic E-state index is -0.0417. The summed E-state index contributed by atoms with van der Waals surface area (Å²) in [5.41, 5.74) is 2.36. The van der Waals surface area contributed by atoms with E-state index >= 15 is 0 Å². The van der Waals surface area contributed by atoms with E-state index < -0.39 is 0 Å². The van der Waals surface area contributed by atoms with Gasteiger partial charge in [0, 0.05) is 31.4 Å². The van der Waals surface area contributed by atoms with Crippen LogP contribution in [0.1, 0.15) is 76.1 Å². The fourth-order valence-electron chi connectivity index (χ4n) is 5.41. The highest BCUT2D eigenvalue weighted by Gasteiger charge is 2.26. The third-order valence-electron chi connectivity index (χ3n) is 7.34. The summed E-state index contributed by atoms with van der Waals surface area (Å²) in [7, 11) is 0. The fraction of sp³-hybridized carbons (Fsp3) is 0.708. The number of likely N-dealkylation sites (N-methyl/N-ethyl adjacent to an activating group) is 1. The predicted molar refractivity (Wildman–Crippen MR) is 125 cm³/mol. The van der Waals surface area contributed by atoms with Gasteiger partial charge in [-0.25, -0.2) is 9.67 Å². The summed E-state index contributed by atoms with van der Waals surface area (Å²) in [4.78, 5) is 20.3. The Hall–Kier alpha value is -2.15. The van der Waals surface area contributed by atoms with E-state index in [0.29, 0.717) is 30.1 Å². The van der Waals surface area contributed by atoms with Gasteiger partial charge in [0.1, 0.15) is 0 Å². The van der Waals surface area contributed by atoms with Crippen molar-refractivity contribution in [2.45, 2.75) is 84.3 Å². The first-order valence-corrected chi connectivity index (χ1v) is 12.3. The maximum atomic E-state index is 13.3. The Morgan fingerprint density at radius 1 is 1.13 bits per heavy atom. The van der Waals surface area contributed by atoms with Gasteiger partial charge in [-0.1, -0.05) is 26.2 Å². The third kappa shape index (κ3) is 4.71. The van der Waals surface area contributed by atoms with Gasteiger partial charge in [0.15, 0.2) is 5.65 Å². The maximum absolute atomic E-state index is 13.3. The second-order valence-corrected chi connectivity index (χ2v) is 9.21. The number of nitrogens with one attached hydrogen (secondary N) is 2. The van der Waals surface area contributed by atoms with E-state index in [2.05, 4.69) is 46.4 Å². The monoisotopic (exact) mass is 426 g/mol. The lowest BCUT2D eigenvalue weighted by atomic mass is 9.84. The number of carbonyl (C=O) groups is 1. The molecule has 1 aliphatic carbocycles. The summed E-state index contributed by atoms with van der Waals surface area (Å²) in [5.74, 6) is 0.602. The van der Waals surface area contributed by atoms with Gasteiger partial charge in [-0.2, -0.15) is 5.10 Å². The van der Waals surface area contributed by atoms with Crippen LogP contribution < -0.4 is 10.6 Å². The lowest BCUT2D eigenvalue weighted by molar-refractivity contribution is 0.0942. The number of aryl methyl sites for hydroxylation is 1. The van der Waals surface area contributed by atoms with Gasteiger partial charge in [0.05, 0.1) is 22.8 Å². The van der Waals surface area contributed by atoms with E-state index in [1.165, 1.54) is 38.5 Å². The molecule has 2 atom stereocenters. The van der Waals surface area contributed by atoms with Crippen LogP contribution in [0.5, 0.6) is 0 Å². The largest absolute Gasteiger partial charge is 0.381 e. The van der Waals surface area contributed by atoms with Crippen molar-refractivity contribution in [3.8, 4) is 0 Å². The van der Waals surface area contributed by atoms with E-state index in [1.807, 2.05) is 10.9 Å². The molecule has 1 amide bonds. The molecule has 0 bridgehead atoms. The second kappa shape index (κ2) is 9.98. The standard InChI is InChI=1S/C24H38N6O/c1-4-29-13-9-12-19(29)14-26-24(31)21-15-25-23-20(16-27-30(23)5-2)22(21)28-17(3)18-10-7-6-8-11-18/h15-19H,4-14H2,1-3H3,(H,25,28)(H,26,31)/t17?,19-/m1/s1. The van der Waals surface area contributed by atoms with Crippen molar-refractivity contribution < 1.29 is 4.79 Å². The third-order valence-corrected chi connectivity index (χ3v) is 7.34. The van der Waals surface area contributed by atoms with Crippen molar-refractivity contribution in [3.05, 3.63) is 18.0 Å². The van der Waals surface area contributed by atoms with E-state index in [0.717, 1.165) is 42.8 Å². The second-order valence-electron chi connectivity index (χ2n) is 9.21. The van der Waals surface area contributed by atoms with Crippen LogP contribution in [-0.2, 0) is 6.54 Å². The molecule has 1 saturated heterocycles. The van der Waals surface area contributed by atoms with Crippen molar-refractivity contribution >= 4 is 22.6 Å². The highest BCUT2D eigenvalue weighted by molar-refractivity contribution is 6.06. The molecule has 1 unspecified atom stereocenters. The molecule has 0 aromatic carbocycles. The van der Waals surface area contributed by atoms with Crippen LogP contribution in [-0.4, -0.2) is 57.3 Å². The van der Waals surface area contributed by atoms with Crippen LogP contribution in [0.4, 0.5) is 5.69 Å². The first-order valence-electron chi connectivity index (χ1n) is 12.3. The molecule has 4 rings (SSSR count). The zero-order valence-electron chi connectivity index (χ0n) is 19.4. The number of rotatable bonds is 8. The summed E-state index contributed by atoms with van der Waals surface area (Å²) in [6.07, 6.45) is 12.4. The number of amides is 1. The normalized spacial score (nSPS) is 21.5. The first-order chi connectivity index (χ1) is 15.1. The molecule has 2 aromatic heterocycles. The summed E-state index contributed by atoms with van der Waals surface area (Å²) in [5, 5.41) is 12.4. The highest BCUT2D eigenvalue weighted by Crippen LogP contribution is 2.32. The Labute approximate surface area is 186 Å². The van der Waals surface area contributed by atoms with Gasteiger partial charge in [-0.05, 0) is 58.5 Å². The predicted octanol–water partition coefficient (Wildman–Crippen LogP) is 4.05. The number of pyridine rings is 1. The van der Waals surface area contributed by atoms with Crippen molar-refractivity contribution in [3.63, 3.8) is 0 Å². The average Bonchev–Trinajstić information content (AvgIpc) is 3.44. The Morgan fingerprint density at radius 3 is 2.68 bits per heavy atom. The molecule has 7 heteroatoms. The van der Waals surface area contributed by atoms with E-state index in [4.69, 9.17) is 0 Å². The molecule has 1 saturated carbocycles. The summed E-state index contributed by atoms with van der Waals surface area (Å²) in [6, 6.07) is 0.749. The zero-order valence-corrected chi connectivity index (χ0v) is 19.4. The van der Waals surface area contributed by atoms with E-state index in [-0.39, 0.29) is 5.91 Å². The van der Waals surface area contributed by atoms with Crippen molar-refractivity contribution in [2.24, 2.45) is 5.92 Å². The van der Waals surface area contributed by atoms with Crippen LogP contribution in [0.2, 0.25) is 0 Å². The number of carbonyl (C=O) groups excluding carboxylic acids is 1. The number of hydrogen-bond acceptors (Lipinski definition) is 5. The molecule has 2 N–H and O–H groups in total. The molecular weight excluding hydrogens is 388 g/mol. The Bertz CT molecular complexity index is 888. The lowest BCUT2D eigenvalue weighted by Crippen LogP contribution is -2.40. The van der Waals surface area contributed by atoms with Crippen LogP contribution in [0, 0.1) is 5.92 Å². The first kappa shape index (κ1) is 22.1. The topological polar surface area (TPSA) is 75.1 Å². The van der Waals surface area contributed by atoms with E-state index in [1.54, 1.807) is 6.20 Å². The fourth-order valence-corrected chi connectivity index (χ4v) is 5.41. The Kier molecular flexibility index (Phi) is 7.10. The minimum absolute atomic E-state index is 0.0417. The SMILES string of the molecule is CCN1CCC[C@@H]1CNC(=O)c1cnc2c(cnn2CC)c1NC(C)C1CCCCC1. The quantitative estimate of drug-likeness (QED) is 0.666. The van der Waals surface area contributed by atoms with Gasteiger partial charge in [-0.15, -0.1) is 0 Å². The molecule has 2 aliphatic rings. The van der Waals surface area contributed by atoms with Crippen molar-refractivity contribution in [1.29, 1.82) is 0 Å². The van der Waals surface area contributed by atoms with Crippen LogP contribution in [0.3, 0.4) is 0 Å². The molecule has 2 fully saturated rings. The highest BCUT2D eigenvalue weighted by atomic mass is 16.1. The summed E-state index contributed by atoms with van der Waals surface area (Å²) >= 11 is 0. The van der Waals surface area contributed by atoms with Crippen LogP contribution in [0.15, 0.2) is 12.4 Å². The summed E-state index contributed by atoms with van der Waals surface area (Å²) < 4.78 is 1.89. The molecule has 1 aliphatic heterocycles. The van der Waals surface area contributed by atoms with Crippen LogP contribution in [0.25, 0.3) is 11.0 Å². The molecule has 2 aromatic rings. The van der Waals surface area contributed by atoms with Gasteiger partial charge >= 0.3 is 0 Å². The Balaban J connectivity index is 1.57. The molecular formula is C24H38N6O. The van der Waals surface area contributed by atoms with E-state index in [9.17, 15) is 4.79 Å². The summed E-state index contributed by atoms with van der Waals surface area (Å²) in [6.45, 7) is 10.1. The number of hydrogen-bond donors (Lipinski definition) is 2. The number of likely N-dealkylation sites (tertiary alicyclic amines) is 1. The number of fused-ring (bicyclic) bond motifs is 1. The smallest absolute Gasteiger partial charge is 0.255 e. The number of aromatic nitrogens is 3. The molecule has 170 valence electrons. The number of nitrogens with zero attached hydrogens (tertiary/aromatic N) is 4. The molecule has 31 heavy (non-hydrogen) atoms. The van der Waals surface area contributed by atoms with Crippen molar-refractivity contribution in [1.82, 2.24) is 25.0 Å². The zero-order chi connectivity index (χ0) is 21.8. The number of anilines is 1. The van der Waals surface area contributed by atoms with Gasteiger partial charge < -0.3 is 10.6 Å². The molecule has 0 spiro atoms.